The molecule has 0 aliphatic heterocycles. The van der Waals surface area contributed by atoms with Gasteiger partial charge in [0.1, 0.15) is 0 Å². The second-order valence-electron chi connectivity index (χ2n) is 8.55. The molecule has 0 fully saturated rings. The Bertz CT molecular complexity index is 519. The number of hydrogen-bond acceptors (Lipinski definition) is 1. The number of nitrogens with zero attached hydrogens (tertiary/aromatic N) is 1. The van der Waals surface area contributed by atoms with Gasteiger partial charge in [0.15, 0.2) is 0 Å². The number of benzene rings is 1. The van der Waals surface area contributed by atoms with E-state index in [0.717, 1.165) is 13.0 Å². The number of hydrogen-bond donors (Lipinski definition) is 0. The lowest BCUT2D eigenvalue weighted by Gasteiger charge is -2.37. The Morgan fingerprint density at radius 3 is 1.96 bits per heavy atom. The van der Waals surface area contributed by atoms with Gasteiger partial charge in [-0.2, -0.15) is 13.2 Å². The first kappa shape index (κ1) is 20.0. The topological polar surface area (TPSA) is 3.24 Å². The molecule has 0 amide bonds. The highest BCUT2D eigenvalue weighted by Crippen LogP contribution is 2.33. The molecule has 1 aromatic rings. The van der Waals surface area contributed by atoms with Crippen LogP contribution in [0.2, 0.25) is 0 Å². The first-order valence-corrected chi connectivity index (χ1v) is 8.12. The molecule has 0 aromatic heterocycles. The molecule has 23 heavy (non-hydrogen) atoms. The van der Waals surface area contributed by atoms with Gasteiger partial charge in [0.05, 0.1) is 5.56 Å². The molecule has 0 unspecified atom stereocenters. The predicted octanol–water partition coefficient (Wildman–Crippen LogP) is 6.05. The second kappa shape index (κ2) is 6.84. The number of halogens is 3. The van der Waals surface area contributed by atoms with Crippen molar-refractivity contribution in [2.45, 2.75) is 73.1 Å². The van der Waals surface area contributed by atoms with Gasteiger partial charge in [0.2, 0.25) is 0 Å². The summed E-state index contributed by atoms with van der Waals surface area (Å²) >= 11 is 0. The monoisotopic (exact) mass is 329 g/mol. The van der Waals surface area contributed by atoms with Gasteiger partial charge >= 0.3 is 6.18 Å². The van der Waals surface area contributed by atoms with Crippen LogP contribution in [0.25, 0.3) is 0 Å². The average Bonchev–Trinajstić information content (AvgIpc) is 2.32. The van der Waals surface area contributed by atoms with E-state index in [1.165, 1.54) is 13.0 Å². The van der Waals surface area contributed by atoms with E-state index in [9.17, 15) is 13.2 Å². The quantitative estimate of drug-likeness (QED) is 0.650. The van der Waals surface area contributed by atoms with Crippen LogP contribution in [0.3, 0.4) is 0 Å². The van der Waals surface area contributed by atoms with Crippen LogP contribution in [-0.4, -0.2) is 17.0 Å². The van der Waals surface area contributed by atoms with Crippen molar-refractivity contribution in [3.05, 3.63) is 34.9 Å². The largest absolute Gasteiger partial charge is 0.416 e. The van der Waals surface area contributed by atoms with Gasteiger partial charge in [-0.1, -0.05) is 32.9 Å². The molecule has 1 aromatic carbocycles. The van der Waals surface area contributed by atoms with Gasteiger partial charge < -0.3 is 0 Å². The maximum Gasteiger partial charge on any atom is 0.416 e. The molecule has 0 heterocycles. The van der Waals surface area contributed by atoms with Gasteiger partial charge in [0.25, 0.3) is 0 Å². The van der Waals surface area contributed by atoms with E-state index in [1.807, 2.05) is 0 Å². The molecule has 0 spiro atoms. The van der Waals surface area contributed by atoms with Crippen LogP contribution in [0.15, 0.2) is 18.2 Å². The Balaban J connectivity index is 3.00. The van der Waals surface area contributed by atoms with E-state index < -0.39 is 11.7 Å². The fourth-order valence-corrected chi connectivity index (χ4v) is 2.42. The molecule has 0 aliphatic rings. The molecule has 132 valence electrons. The van der Waals surface area contributed by atoms with Gasteiger partial charge in [-0.25, -0.2) is 0 Å². The first-order chi connectivity index (χ1) is 10.2. The maximum atomic E-state index is 13.1. The lowest BCUT2D eigenvalue weighted by Crippen LogP contribution is -2.42. The molecule has 1 nitrogen and oxygen atoms in total. The summed E-state index contributed by atoms with van der Waals surface area (Å²) in [5.74, 6) is 0. The summed E-state index contributed by atoms with van der Waals surface area (Å²) in [7, 11) is 0. The summed E-state index contributed by atoms with van der Waals surface area (Å²) in [6.07, 6.45) is -3.29. The molecule has 4 heteroatoms. The summed E-state index contributed by atoms with van der Waals surface area (Å²) in [5.41, 5.74) is 0.576. The maximum absolute atomic E-state index is 13.1. The molecular formula is C19H30F3N. The minimum atomic E-state index is -4.29. The standard InChI is InChI=1S/C19H30F3N/c1-14-8-9-15(12-16(14)19(20,21)22)13-23(18(5,6)7)11-10-17(2,3)4/h8-9,12H,10-11,13H2,1-7H3. The van der Waals surface area contributed by atoms with E-state index in [4.69, 9.17) is 0 Å². The van der Waals surface area contributed by atoms with Crippen LogP contribution in [0.4, 0.5) is 13.2 Å². The van der Waals surface area contributed by atoms with Crippen molar-refractivity contribution in [3.8, 4) is 0 Å². The lowest BCUT2D eigenvalue weighted by atomic mass is 9.91. The molecule has 0 aliphatic carbocycles. The van der Waals surface area contributed by atoms with Crippen molar-refractivity contribution in [3.63, 3.8) is 0 Å². The van der Waals surface area contributed by atoms with Crippen molar-refractivity contribution in [2.75, 3.05) is 6.54 Å². The van der Waals surface area contributed by atoms with Crippen LogP contribution in [0, 0.1) is 12.3 Å². The molecule has 0 N–H and O–H groups in total. The number of aryl methyl sites for hydroxylation is 1. The molecule has 0 bridgehead atoms. The van der Waals surface area contributed by atoms with Gasteiger partial charge in [-0.05, 0) is 63.3 Å². The summed E-state index contributed by atoms with van der Waals surface area (Å²) in [4.78, 5) is 2.25. The normalized spacial score (nSPS) is 13.7. The Labute approximate surface area is 138 Å². The minimum absolute atomic E-state index is 0.0888. The van der Waals surface area contributed by atoms with Gasteiger partial charge in [-0.15, -0.1) is 0 Å². The summed E-state index contributed by atoms with van der Waals surface area (Å²) in [6, 6.07) is 4.67. The predicted molar refractivity (Wildman–Crippen MR) is 90.4 cm³/mol. The third-order valence-corrected chi connectivity index (χ3v) is 4.06. The van der Waals surface area contributed by atoms with E-state index in [-0.39, 0.29) is 16.5 Å². The summed E-state index contributed by atoms with van der Waals surface area (Å²) in [6.45, 7) is 15.8. The van der Waals surface area contributed by atoms with Gasteiger partial charge in [0, 0.05) is 12.1 Å². The highest BCUT2D eigenvalue weighted by molar-refractivity contribution is 5.33. The lowest BCUT2D eigenvalue weighted by molar-refractivity contribution is -0.138. The Kier molecular flexibility index (Phi) is 5.95. The Hall–Kier alpha value is -1.03. The fourth-order valence-electron chi connectivity index (χ4n) is 2.42. The van der Waals surface area contributed by atoms with Crippen molar-refractivity contribution in [1.29, 1.82) is 0 Å². The zero-order valence-corrected chi connectivity index (χ0v) is 15.4. The minimum Gasteiger partial charge on any atom is -0.294 e. The summed E-state index contributed by atoms with van der Waals surface area (Å²) < 4.78 is 39.3. The smallest absolute Gasteiger partial charge is 0.294 e. The molecular weight excluding hydrogens is 299 g/mol. The van der Waals surface area contributed by atoms with Crippen LogP contribution < -0.4 is 0 Å². The van der Waals surface area contributed by atoms with Crippen LogP contribution in [0.5, 0.6) is 0 Å². The number of alkyl halides is 3. The zero-order chi connectivity index (χ0) is 18.1. The average molecular weight is 329 g/mol. The Morgan fingerprint density at radius 2 is 1.52 bits per heavy atom. The fraction of sp³-hybridized carbons (Fsp3) is 0.684. The van der Waals surface area contributed by atoms with Crippen molar-refractivity contribution < 1.29 is 13.2 Å². The van der Waals surface area contributed by atoms with E-state index in [1.54, 1.807) is 12.1 Å². The SMILES string of the molecule is Cc1ccc(CN(CCC(C)(C)C)C(C)(C)C)cc1C(F)(F)F. The van der Waals surface area contributed by atoms with Crippen molar-refractivity contribution >= 4 is 0 Å². The second-order valence-corrected chi connectivity index (χ2v) is 8.55. The van der Waals surface area contributed by atoms with E-state index in [2.05, 4.69) is 46.4 Å². The third-order valence-electron chi connectivity index (χ3n) is 4.06. The van der Waals surface area contributed by atoms with Crippen LogP contribution >= 0.6 is 0 Å². The van der Waals surface area contributed by atoms with Crippen LogP contribution in [-0.2, 0) is 12.7 Å². The third kappa shape index (κ3) is 6.54. The molecule has 0 atom stereocenters. The Morgan fingerprint density at radius 1 is 0.957 bits per heavy atom. The highest BCUT2D eigenvalue weighted by atomic mass is 19.4. The summed E-state index contributed by atoms with van der Waals surface area (Å²) in [5, 5.41) is 0. The van der Waals surface area contributed by atoms with Crippen molar-refractivity contribution in [2.24, 2.45) is 5.41 Å². The molecule has 0 saturated heterocycles. The van der Waals surface area contributed by atoms with Crippen LogP contribution in [0.1, 0.15) is 64.7 Å². The number of rotatable bonds is 4. The van der Waals surface area contributed by atoms with E-state index >= 15 is 0 Å². The van der Waals surface area contributed by atoms with E-state index in [0.29, 0.717) is 12.1 Å². The molecule has 1 rings (SSSR count). The van der Waals surface area contributed by atoms with Gasteiger partial charge in [-0.3, -0.25) is 4.90 Å². The highest BCUT2D eigenvalue weighted by Gasteiger charge is 2.33. The zero-order valence-electron chi connectivity index (χ0n) is 15.4. The molecule has 0 saturated carbocycles. The molecule has 0 radical (unpaired) electrons. The first-order valence-electron chi connectivity index (χ1n) is 8.12. The van der Waals surface area contributed by atoms with Crippen molar-refractivity contribution in [1.82, 2.24) is 4.90 Å².